The molecule has 1 aromatic carbocycles. The zero-order valence-electron chi connectivity index (χ0n) is 10.2. The third-order valence-electron chi connectivity index (χ3n) is 2.98. The van der Waals surface area contributed by atoms with Crippen LogP contribution in [0.25, 0.3) is 27.1 Å². The van der Waals surface area contributed by atoms with Crippen LogP contribution in [0.3, 0.4) is 0 Å². The van der Waals surface area contributed by atoms with Gasteiger partial charge in [0.15, 0.2) is 4.98 Å². The summed E-state index contributed by atoms with van der Waals surface area (Å²) in [5.41, 5.74) is 2.65. The van der Waals surface area contributed by atoms with Crippen molar-refractivity contribution in [3.05, 3.63) is 62.4 Å². The Kier molecular flexibility index (Phi) is 3.05. The fourth-order valence-electron chi connectivity index (χ4n) is 2.02. The van der Waals surface area contributed by atoms with Crippen molar-refractivity contribution in [2.45, 2.75) is 0 Å². The molecule has 0 bridgehead atoms. The summed E-state index contributed by atoms with van der Waals surface area (Å²) in [6, 6.07) is 10.5. The first-order valence-corrected chi connectivity index (χ1v) is 6.61. The molecule has 0 aliphatic rings. The van der Waals surface area contributed by atoms with Crippen LogP contribution in [-0.2, 0) is 0 Å². The number of hydrogen-bond acceptors (Lipinski definition) is 3. The number of H-pyrrole nitrogens is 1. The minimum Gasteiger partial charge on any atom is -0.321 e. The normalized spacial score (nSPS) is 10.4. The van der Waals surface area contributed by atoms with Gasteiger partial charge in [0, 0.05) is 29.3 Å². The molecule has 3 aromatic rings. The number of nitrogens with one attached hydrogen (secondary N) is 1. The molecular formula is C14H8BrN4O+. The quantitative estimate of drug-likeness (QED) is 0.690. The van der Waals surface area contributed by atoms with Crippen LogP contribution in [0.15, 0.2) is 51.9 Å². The Morgan fingerprint density at radius 1 is 1.20 bits per heavy atom. The average molecular weight is 328 g/mol. The molecule has 0 radical (unpaired) electrons. The van der Waals surface area contributed by atoms with Gasteiger partial charge in [-0.05, 0) is 40.2 Å². The lowest BCUT2D eigenvalue weighted by atomic mass is 10.1. The predicted octanol–water partition coefficient (Wildman–Crippen LogP) is 3.84. The maximum absolute atomic E-state index is 11.6. The van der Waals surface area contributed by atoms with Gasteiger partial charge < -0.3 is 4.98 Å². The Labute approximate surface area is 122 Å². The van der Waals surface area contributed by atoms with E-state index in [0.29, 0.717) is 10.2 Å². The SMILES string of the molecule is N#[N+]c1ccc(-c2nccc3[nH]c(=O)c(Br)cc23)cc1. The summed E-state index contributed by atoms with van der Waals surface area (Å²) in [6.07, 6.45) is 1.64. The lowest BCUT2D eigenvalue weighted by Gasteiger charge is -2.05. The monoisotopic (exact) mass is 327 g/mol. The first kappa shape index (κ1) is 12.5. The Balaban J connectivity index is 2.28. The number of nitrogens with zero attached hydrogens (tertiary/aromatic N) is 3. The average Bonchev–Trinajstić information content (AvgIpc) is 2.48. The minimum atomic E-state index is -0.177. The van der Waals surface area contributed by atoms with Crippen molar-refractivity contribution in [1.29, 1.82) is 5.39 Å². The smallest absolute Gasteiger partial charge is 0.321 e. The van der Waals surface area contributed by atoms with Crippen molar-refractivity contribution in [3.8, 4) is 11.3 Å². The van der Waals surface area contributed by atoms with Gasteiger partial charge in [0.1, 0.15) is 0 Å². The van der Waals surface area contributed by atoms with Gasteiger partial charge in [-0.25, -0.2) is 0 Å². The predicted molar refractivity (Wildman–Crippen MR) is 80.2 cm³/mol. The van der Waals surface area contributed by atoms with E-state index in [1.54, 1.807) is 30.5 Å². The molecule has 96 valence electrons. The number of fused-ring (bicyclic) bond motifs is 1. The number of rotatable bonds is 1. The van der Waals surface area contributed by atoms with Crippen LogP contribution in [0.5, 0.6) is 0 Å². The van der Waals surface area contributed by atoms with Crippen LogP contribution in [0, 0.1) is 5.39 Å². The maximum Gasteiger partial charge on any atom is 0.385 e. The van der Waals surface area contributed by atoms with Crippen molar-refractivity contribution >= 4 is 32.5 Å². The van der Waals surface area contributed by atoms with Gasteiger partial charge in [-0.15, -0.1) is 0 Å². The van der Waals surface area contributed by atoms with Crippen LogP contribution < -0.4 is 5.56 Å². The summed E-state index contributed by atoms with van der Waals surface area (Å²) in [5, 5.41) is 9.54. The molecule has 2 aromatic heterocycles. The summed E-state index contributed by atoms with van der Waals surface area (Å²) in [6.45, 7) is 0. The van der Waals surface area contributed by atoms with Crippen LogP contribution >= 0.6 is 15.9 Å². The lowest BCUT2D eigenvalue weighted by Crippen LogP contribution is -2.06. The van der Waals surface area contributed by atoms with Gasteiger partial charge in [0.2, 0.25) is 5.39 Å². The summed E-state index contributed by atoms with van der Waals surface area (Å²) in [7, 11) is 0. The summed E-state index contributed by atoms with van der Waals surface area (Å²) >= 11 is 3.23. The van der Waals surface area contributed by atoms with E-state index in [2.05, 4.69) is 30.9 Å². The number of aromatic nitrogens is 2. The van der Waals surface area contributed by atoms with E-state index in [9.17, 15) is 4.79 Å². The highest BCUT2D eigenvalue weighted by molar-refractivity contribution is 9.10. The molecule has 0 fully saturated rings. The third-order valence-corrected chi connectivity index (χ3v) is 3.57. The van der Waals surface area contributed by atoms with E-state index >= 15 is 0 Å². The molecular weight excluding hydrogens is 320 g/mol. The van der Waals surface area contributed by atoms with Gasteiger partial charge in [0.25, 0.3) is 5.56 Å². The van der Waals surface area contributed by atoms with Crippen LogP contribution in [0.2, 0.25) is 0 Å². The molecule has 20 heavy (non-hydrogen) atoms. The van der Waals surface area contributed by atoms with Crippen molar-refractivity contribution in [2.24, 2.45) is 0 Å². The Bertz CT molecular complexity index is 894. The number of aromatic amines is 1. The van der Waals surface area contributed by atoms with E-state index in [1.165, 1.54) is 0 Å². The highest BCUT2D eigenvalue weighted by Gasteiger charge is 2.10. The largest absolute Gasteiger partial charge is 0.385 e. The standard InChI is InChI=1S/C14H7BrN4O/c15-11-7-10-12(18-14(11)20)5-6-17-13(10)8-1-3-9(19-16)4-2-8/h1-7H/p+1. The second kappa shape index (κ2) is 4.87. The Morgan fingerprint density at radius 3 is 2.65 bits per heavy atom. The Morgan fingerprint density at radius 2 is 1.95 bits per heavy atom. The molecule has 0 saturated heterocycles. The molecule has 6 heteroatoms. The molecule has 0 amide bonds. The van der Waals surface area contributed by atoms with Gasteiger partial charge >= 0.3 is 5.69 Å². The van der Waals surface area contributed by atoms with E-state index in [4.69, 9.17) is 5.39 Å². The van der Waals surface area contributed by atoms with Crippen LogP contribution in [0.4, 0.5) is 5.69 Å². The highest BCUT2D eigenvalue weighted by Crippen LogP contribution is 2.27. The van der Waals surface area contributed by atoms with Gasteiger partial charge in [-0.3, -0.25) is 9.78 Å². The number of halogens is 1. The molecule has 0 unspecified atom stereocenters. The van der Waals surface area contributed by atoms with Crippen molar-refractivity contribution < 1.29 is 0 Å². The first-order valence-electron chi connectivity index (χ1n) is 5.82. The van der Waals surface area contributed by atoms with Crippen LogP contribution in [-0.4, -0.2) is 9.97 Å². The third kappa shape index (κ3) is 2.08. The second-order valence-corrected chi connectivity index (χ2v) is 5.07. The van der Waals surface area contributed by atoms with Crippen molar-refractivity contribution in [1.82, 2.24) is 9.97 Å². The van der Waals surface area contributed by atoms with Crippen molar-refractivity contribution in [3.63, 3.8) is 0 Å². The number of hydrogen-bond donors (Lipinski definition) is 1. The van der Waals surface area contributed by atoms with Gasteiger partial charge in [0.05, 0.1) is 15.7 Å². The van der Waals surface area contributed by atoms with Gasteiger partial charge in [-0.1, -0.05) is 0 Å². The molecule has 3 rings (SSSR count). The molecule has 0 spiro atoms. The fourth-order valence-corrected chi connectivity index (χ4v) is 2.35. The zero-order chi connectivity index (χ0) is 14.1. The van der Waals surface area contributed by atoms with E-state index in [1.807, 2.05) is 12.1 Å². The van der Waals surface area contributed by atoms with Gasteiger partial charge in [-0.2, -0.15) is 0 Å². The molecule has 0 saturated carbocycles. The number of diazo groups is 1. The summed E-state index contributed by atoms with van der Waals surface area (Å²) < 4.78 is 0.459. The Hall–Kier alpha value is -2.52. The number of benzene rings is 1. The topological polar surface area (TPSA) is 73.9 Å². The molecule has 0 aliphatic carbocycles. The summed E-state index contributed by atoms with van der Waals surface area (Å²) in [5.74, 6) is 0. The first-order chi connectivity index (χ1) is 9.69. The second-order valence-electron chi connectivity index (χ2n) is 4.21. The summed E-state index contributed by atoms with van der Waals surface area (Å²) in [4.78, 5) is 21.9. The number of pyridine rings is 2. The fraction of sp³-hybridized carbons (Fsp3) is 0. The molecule has 2 heterocycles. The van der Waals surface area contributed by atoms with E-state index in [-0.39, 0.29) is 5.56 Å². The highest BCUT2D eigenvalue weighted by atomic mass is 79.9. The van der Waals surface area contributed by atoms with E-state index < -0.39 is 0 Å². The minimum absolute atomic E-state index is 0.177. The lowest BCUT2D eigenvalue weighted by molar-refractivity contribution is 1.26. The maximum atomic E-state index is 11.6. The molecule has 5 nitrogen and oxygen atoms in total. The zero-order valence-corrected chi connectivity index (χ0v) is 11.8. The molecule has 1 N–H and O–H groups in total. The van der Waals surface area contributed by atoms with Crippen LogP contribution in [0.1, 0.15) is 0 Å². The molecule has 0 aliphatic heterocycles. The molecule has 0 atom stereocenters. The van der Waals surface area contributed by atoms with Crippen molar-refractivity contribution in [2.75, 3.05) is 0 Å². The van der Waals surface area contributed by atoms with E-state index in [0.717, 1.165) is 22.2 Å².